The predicted molar refractivity (Wildman–Crippen MR) is 116 cm³/mol. The first kappa shape index (κ1) is 26.0. The summed E-state index contributed by atoms with van der Waals surface area (Å²) in [6.07, 6.45) is 2.77. The minimum absolute atomic E-state index is 0.00516. The number of esters is 1. The number of benzene rings is 2. The average molecular weight is 476 g/mol. The van der Waals surface area contributed by atoms with Crippen molar-refractivity contribution in [1.82, 2.24) is 10.6 Å². The van der Waals surface area contributed by atoms with Crippen LogP contribution in [0.1, 0.15) is 22.8 Å². The van der Waals surface area contributed by atoms with Gasteiger partial charge in [-0.05, 0) is 55.0 Å². The molecule has 0 spiro atoms. The first-order valence-electron chi connectivity index (χ1n) is 9.86. The zero-order valence-electron chi connectivity index (χ0n) is 18.2. The molecule has 1 unspecified atom stereocenters. The van der Waals surface area contributed by atoms with E-state index in [1.54, 1.807) is 24.3 Å². The summed E-state index contributed by atoms with van der Waals surface area (Å²) in [6.45, 7) is -2.40. The Morgan fingerprint density at radius 2 is 1.59 bits per heavy atom. The van der Waals surface area contributed by atoms with Gasteiger partial charge in [0.1, 0.15) is 17.5 Å². The lowest BCUT2D eigenvalue weighted by atomic mass is 10.2. The molecule has 0 bridgehead atoms. The van der Waals surface area contributed by atoms with Gasteiger partial charge in [-0.3, -0.25) is 19.7 Å². The van der Waals surface area contributed by atoms with Crippen LogP contribution in [0.25, 0.3) is 6.08 Å². The van der Waals surface area contributed by atoms with Crippen LogP contribution in [-0.2, 0) is 19.1 Å². The number of nitrogens with one attached hydrogen (secondary N) is 2. The van der Waals surface area contributed by atoms with Crippen LogP contribution < -0.4 is 20.1 Å². The van der Waals surface area contributed by atoms with Gasteiger partial charge in [-0.25, -0.2) is 4.79 Å². The van der Waals surface area contributed by atoms with E-state index in [0.29, 0.717) is 5.75 Å². The molecular weight excluding hydrogens is 454 g/mol. The molecule has 3 amide bonds. The van der Waals surface area contributed by atoms with E-state index in [0.717, 1.165) is 17.7 Å². The fourth-order valence-electron chi connectivity index (χ4n) is 2.49. The maximum Gasteiger partial charge on any atom is 0.387 e. The summed E-state index contributed by atoms with van der Waals surface area (Å²) in [6, 6.07) is 10.5. The second-order valence-electron chi connectivity index (χ2n) is 6.72. The predicted octanol–water partition coefficient (Wildman–Crippen LogP) is 2.31. The number of carbonyl (C=O) groups is 4. The topological polar surface area (TPSA) is 120 Å². The Morgan fingerprint density at radius 1 is 0.971 bits per heavy atom. The van der Waals surface area contributed by atoms with Crippen molar-refractivity contribution in [2.24, 2.45) is 0 Å². The number of alkyl halides is 2. The zero-order chi connectivity index (χ0) is 25.1. The molecule has 2 aromatic carbocycles. The molecule has 0 saturated carbocycles. The number of hydrogen-bond acceptors (Lipinski definition) is 7. The van der Waals surface area contributed by atoms with Crippen LogP contribution >= 0.6 is 0 Å². The van der Waals surface area contributed by atoms with Gasteiger partial charge in [0.05, 0.1) is 7.11 Å². The van der Waals surface area contributed by atoms with E-state index in [-0.39, 0.29) is 11.3 Å². The Balaban J connectivity index is 1.75. The molecule has 0 aromatic heterocycles. The molecule has 11 heteroatoms. The molecule has 2 rings (SSSR count). The molecule has 2 aromatic rings. The molecule has 0 aliphatic carbocycles. The summed E-state index contributed by atoms with van der Waals surface area (Å²) >= 11 is 0. The number of methoxy groups -OCH3 is 1. The van der Waals surface area contributed by atoms with Crippen LogP contribution in [0.2, 0.25) is 0 Å². The number of halogens is 2. The quantitative estimate of drug-likeness (QED) is 0.399. The summed E-state index contributed by atoms with van der Waals surface area (Å²) in [4.78, 5) is 47.8. The zero-order valence-corrected chi connectivity index (χ0v) is 18.2. The molecule has 34 heavy (non-hydrogen) atoms. The van der Waals surface area contributed by atoms with Crippen LogP contribution in [0, 0.1) is 0 Å². The summed E-state index contributed by atoms with van der Waals surface area (Å²) in [5.41, 5.74) is 0.745. The molecule has 1 atom stereocenters. The molecule has 0 aliphatic rings. The van der Waals surface area contributed by atoms with Gasteiger partial charge < -0.3 is 19.5 Å². The SMILES string of the molecule is COc1ccc(/C=C/C(=O)NC(C)C(=O)OCC(=O)NC(=O)c2ccc(OC(F)F)cc2)cc1. The van der Waals surface area contributed by atoms with E-state index in [9.17, 15) is 28.0 Å². The summed E-state index contributed by atoms with van der Waals surface area (Å²) in [5, 5.41) is 4.38. The number of ether oxygens (including phenoxy) is 3. The molecule has 0 radical (unpaired) electrons. The fraction of sp³-hybridized carbons (Fsp3) is 0.217. The lowest BCUT2D eigenvalue weighted by Crippen LogP contribution is -2.41. The van der Waals surface area contributed by atoms with Crippen molar-refractivity contribution in [3.63, 3.8) is 0 Å². The van der Waals surface area contributed by atoms with E-state index in [4.69, 9.17) is 9.47 Å². The van der Waals surface area contributed by atoms with Crippen LogP contribution in [0.5, 0.6) is 11.5 Å². The molecule has 0 aliphatic heterocycles. The minimum atomic E-state index is -3.01. The van der Waals surface area contributed by atoms with Gasteiger partial charge in [0.25, 0.3) is 11.8 Å². The Morgan fingerprint density at radius 3 is 2.18 bits per heavy atom. The van der Waals surface area contributed by atoms with E-state index in [1.165, 1.54) is 38.3 Å². The highest BCUT2D eigenvalue weighted by molar-refractivity contribution is 6.05. The third kappa shape index (κ3) is 8.69. The third-order valence-corrected chi connectivity index (χ3v) is 4.20. The summed E-state index contributed by atoms with van der Waals surface area (Å²) in [5.74, 6) is -2.66. The summed E-state index contributed by atoms with van der Waals surface area (Å²) < 4.78 is 38.3. The fourth-order valence-corrected chi connectivity index (χ4v) is 2.49. The van der Waals surface area contributed by atoms with Gasteiger partial charge in [0.2, 0.25) is 5.91 Å². The van der Waals surface area contributed by atoms with Gasteiger partial charge in [0, 0.05) is 11.6 Å². The Bertz CT molecular complexity index is 1040. The summed E-state index contributed by atoms with van der Waals surface area (Å²) in [7, 11) is 1.54. The molecule has 180 valence electrons. The molecule has 0 fully saturated rings. The van der Waals surface area contributed by atoms with E-state index in [1.807, 2.05) is 5.32 Å². The normalized spacial score (nSPS) is 11.6. The Hall–Kier alpha value is -4.28. The number of amides is 3. The second-order valence-corrected chi connectivity index (χ2v) is 6.72. The van der Waals surface area contributed by atoms with Gasteiger partial charge in [-0.15, -0.1) is 0 Å². The smallest absolute Gasteiger partial charge is 0.387 e. The number of imide groups is 1. The first-order chi connectivity index (χ1) is 16.2. The van der Waals surface area contributed by atoms with Crippen LogP contribution in [0.15, 0.2) is 54.6 Å². The van der Waals surface area contributed by atoms with Crippen molar-refractivity contribution in [3.05, 3.63) is 65.7 Å². The average Bonchev–Trinajstić information content (AvgIpc) is 2.81. The first-order valence-corrected chi connectivity index (χ1v) is 9.86. The van der Waals surface area contributed by atoms with Gasteiger partial charge in [-0.2, -0.15) is 8.78 Å². The Labute approximate surface area is 193 Å². The van der Waals surface area contributed by atoms with E-state index < -0.39 is 43.0 Å². The lowest BCUT2D eigenvalue weighted by Gasteiger charge is -2.12. The third-order valence-electron chi connectivity index (χ3n) is 4.20. The monoisotopic (exact) mass is 476 g/mol. The maximum absolute atomic E-state index is 12.1. The van der Waals surface area contributed by atoms with Crippen molar-refractivity contribution < 1.29 is 42.2 Å². The number of carbonyl (C=O) groups excluding carboxylic acids is 4. The van der Waals surface area contributed by atoms with Crippen LogP contribution in [0.4, 0.5) is 8.78 Å². The molecule has 0 saturated heterocycles. The van der Waals surface area contributed by atoms with Crippen molar-refractivity contribution in [3.8, 4) is 11.5 Å². The minimum Gasteiger partial charge on any atom is -0.497 e. The van der Waals surface area contributed by atoms with Crippen molar-refractivity contribution in [2.45, 2.75) is 19.6 Å². The van der Waals surface area contributed by atoms with Crippen molar-refractivity contribution in [1.29, 1.82) is 0 Å². The highest BCUT2D eigenvalue weighted by Crippen LogP contribution is 2.15. The standard InChI is InChI=1S/C23H22F2N2O7/c1-14(26-19(28)12-5-15-3-8-17(32-2)9-4-15)22(31)33-13-20(29)27-21(30)16-6-10-18(11-7-16)34-23(24)25/h3-12,14,23H,13H2,1-2H3,(H,26,28)(H,27,29,30)/b12-5+. The van der Waals surface area contributed by atoms with Gasteiger partial charge >= 0.3 is 12.6 Å². The molecule has 2 N–H and O–H groups in total. The van der Waals surface area contributed by atoms with Gasteiger partial charge in [0.15, 0.2) is 6.61 Å². The van der Waals surface area contributed by atoms with Crippen LogP contribution in [0.3, 0.4) is 0 Å². The molecule has 0 heterocycles. The van der Waals surface area contributed by atoms with Crippen molar-refractivity contribution in [2.75, 3.05) is 13.7 Å². The maximum atomic E-state index is 12.1. The number of rotatable bonds is 10. The van der Waals surface area contributed by atoms with Crippen LogP contribution in [-0.4, -0.2) is 50.1 Å². The number of hydrogen-bond donors (Lipinski definition) is 2. The van der Waals surface area contributed by atoms with Gasteiger partial charge in [-0.1, -0.05) is 12.1 Å². The largest absolute Gasteiger partial charge is 0.497 e. The van der Waals surface area contributed by atoms with E-state index in [2.05, 4.69) is 10.1 Å². The van der Waals surface area contributed by atoms with E-state index >= 15 is 0 Å². The second kappa shape index (κ2) is 12.7. The highest BCUT2D eigenvalue weighted by atomic mass is 19.3. The highest BCUT2D eigenvalue weighted by Gasteiger charge is 2.18. The molecule has 9 nitrogen and oxygen atoms in total. The lowest BCUT2D eigenvalue weighted by molar-refractivity contribution is -0.150. The van der Waals surface area contributed by atoms with Crippen molar-refractivity contribution >= 4 is 29.8 Å². The molecular formula is C23H22F2N2O7. The Kier molecular flexibility index (Phi) is 9.69.